The summed E-state index contributed by atoms with van der Waals surface area (Å²) in [6, 6.07) is 6.10. The third-order valence-electron chi connectivity index (χ3n) is 3.08. The van der Waals surface area contributed by atoms with Gasteiger partial charge in [-0.15, -0.1) is 0 Å². The van der Waals surface area contributed by atoms with Crippen LogP contribution >= 0.6 is 45.2 Å². The fourth-order valence-electron chi connectivity index (χ4n) is 1.89. The molecule has 1 rings (SSSR count). The molecule has 0 N–H and O–H groups in total. The molecule has 10 heteroatoms. The topological polar surface area (TPSA) is 72.9 Å². The maximum absolute atomic E-state index is 12.8. The highest BCUT2D eigenvalue weighted by Crippen LogP contribution is 2.25. The Kier molecular flexibility index (Phi) is 9.23. The highest BCUT2D eigenvalue weighted by Gasteiger charge is 2.30. The van der Waals surface area contributed by atoms with Crippen molar-refractivity contribution in [3.8, 4) is 0 Å². The van der Waals surface area contributed by atoms with Crippen molar-refractivity contribution >= 4 is 80.5 Å². The molecular weight excluding hydrogens is 612 g/mol. The minimum atomic E-state index is -2.74. The molecular formula is C17H25I2NO5SSi. The lowest BCUT2D eigenvalue weighted by Crippen LogP contribution is -2.43. The van der Waals surface area contributed by atoms with Crippen LogP contribution in [0.4, 0.5) is 10.5 Å². The fourth-order valence-corrected chi connectivity index (χ4v) is 5.02. The molecule has 0 aliphatic rings. The van der Waals surface area contributed by atoms with Gasteiger partial charge in [-0.25, -0.2) is 9.69 Å². The lowest BCUT2D eigenvalue weighted by atomic mass is 10.2. The number of carbonyl (C=O) groups excluding carboxylic acids is 1. The molecule has 0 saturated carbocycles. The molecule has 27 heavy (non-hydrogen) atoms. The molecule has 0 bridgehead atoms. The summed E-state index contributed by atoms with van der Waals surface area (Å²) in [6.07, 6.45) is -0.799. The summed E-state index contributed by atoms with van der Waals surface area (Å²) in [5.74, 6) is 0. The lowest BCUT2D eigenvalue weighted by Gasteiger charge is -2.27. The molecule has 0 heterocycles. The van der Waals surface area contributed by atoms with E-state index in [2.05, 4.69) is 64.8 Å². The number of anilines is 1. The molecule has 0 fully saturated rings. The molecule has 0 saturated heterocycles. The number of halogens is 2. The van der Waals surface area contributed by atoms with E-state index in [0.717, 1.165) is 18.1 Å². The lowest BCUT2D eigenvalue weighted by molar-refractivity contribution is 0.0596. The van der Waals surface area contributed by atoms with Gasteiger partial charge in [0.2, 0.25) is 0 Å². The van der Waals surface area contributed by atoms with Crippen LogP contribution in [-0.2, 0) is 19.8 Å². The first kappa shape index (κ1) is 24.9. The van der Waals surface area contributed by atoms with Crippen LogP contribution in [0, 0.1) is 7.14 Å². The van der Waals surface area contributed by atoms with Crippen LogP contribution in [0.25, 0.3) is 0 Å². The molecule has 0 radical (unpaired) electrons. The summed E-state index contributed by atoms with van der Waals surface area (Å²) in [5, 5.41) is -0.444. The quantitative estimate of drug-likeness (QED) is 0.266. The Morgan fingerprint density at radius 3 is 2.04 bits per heavy atom. The van der Waals surface area contributed by atoms with Crippen molar-refractivity contribution < 1.29 is 22.7 Å². The van der Waals surface area contributed by atoms with Crippen LogP contribution in [0.2, 0.25) is 25.7 Å². The number of carbonyl (C=O) groups is 1. The van der Waals surface area contributed by atoms with Crippen molar-refractivity contribution in [2.75, 3.05) is 11.5 Å². The predicted molar refractivity (Wildman–Crippen MR) is 129 cm³/mol. The van der Waals surface area contributed by atoms with Crippen molar-refractivity contribution in [3.05, 3.63) is 25.3 Å². The van der Waals surface area contributed by atoms with Gasteiger partial charge in [0.15, 0.2) is 0 Å². The average molecular weight is 637 g/mol. The molecule has 0 aliphatic heterocycles. The second-order valence-corrected chi connectivity index (χ2v) is 17.0. The molecule has 0 spiro atoms. The van der Waals surface area contributed by atoms with Gasteiger partial charge in [-0.2, -0.15) is 8.42 Å². The van der Waals surface area contributed by atoms with Gasteiger partial charge in [-0.3, -0.25) is 0 Å². The Labute approximate surface area is 190 Å². The third kappa shape index (κ3) is 9.24. The van der Waals surface area contributed by atoms with Gasteiger partial charge < -0.3 is 9.47 Å². The molecule has 1 amide bonds. The first-order valence-electron chi connectivity index (χ1n) is 8.28. The summed E-state index contributed by atoms with van der Waals surface area (Å²) >= 11 is 4.23. The standard InChI is InChI=1S/C17H25I2NO5SSi/c1-17(2,3)25-15(21)20(14-10-12(18)9-13(19)11-14)16(26(22)23)24-7-8-27(4,5)6/h9-11H,7-8H2,1-6H3. The van der Waals surface area contributed by atoms with Crippen molar-refractivity contribution in [2.45, 2.75) is 52.1 Å². The highest BCUT2D eigenvalue weighted by molar-refractivity contribution is 14.1. The van der Waals surface area contributed by atoms with Gasteiger partial charge in [0.25, 0.3) is 15.5 Å². The van der Waals surface area contributed by atoms with E-state index in [-0.39, 0.29) is 6.61 Å². The van der Waals surface area contributed by atoms with E-state index in [0.29, 0.717) is 5.69 Å². The van der Waals surface area contributed by atoms with Gasteiger partial charge in [-0.1, -0.05) is 19.6 Å². The average Bonchev–Trinajstić information content (AvgIpc) is 2.41. The molecule has 1 aromatic carbocycles. The van der Waals surface area contributed by atoms with Crippen LogP contribution < -0.4 is 4.90 Å². The summed E-state index contributed by atoms with van der Waals surface area (Å²) in [7, 11) is -4.18. The molecule has 152 valence electrons. The Morgan fingerprint density at radius 1 is 1.11 bits per heavy atom. The first-order valence-corrected chi connectivity index (χ1v) is 15.2. The van der Waals surface area contributed by atoms with E-state index in [1.165, 1.54) is 0 Å². The molecule has 0 aliphatic carbocycles. The Morgan fingerprint density at radius 2 is 1.63 bits per heavy atom. The third-order valence-corrected chi connectivity index (χ3v) is 6.62. The molecule has 0 aromatic heterocycles. The number of nitrogens with zero attached hydrogens (tertiary/aromatic N) is 1. The maximum Gasteiger partial charge on any atom is 0.421 e. The van der Waals surface area contributed by atoms with E-state index in [1.807, 2.05) is 6.07 Å². The largest absolute Gasteiger partial charge is 0.443 e. The Bertz CT molecular complexity index is 800. The van der Waals surface area contributed by atoms with Crippen molar-refractivity contribution in [2.24, 2.45) is 0 Å². The van der Waals surface area contributed by atoms with Gasteiger partial charge in [0.05, 0.1) is 12.3 Å². The van der Waals surface area contributed by atoms with Crippen LogP contribution in [0.15, 0.2) is 18.2 Å². The summed E-state index contributed by atoms with van der Waals surface area (Å²) in [5.41, 5.74) is -0.397. The molecule has 0 atom stereocenters. The number of hydrogen-bond donors (Lipinski definition) is 0. The smallest absolute Gasteiger partial charge is 0.421 e. The van der Waals surface area contributed by atoms with Crippen LogP contribution in [0.5, 0.6) is 0 Å². The highest BCUT2D eigenvalue weighted by atomic mass is 127. The van der Waals surface area contributed by atoms with Crippen LogP contribution in [0.3, 0.4) is 0 Å². The van der Waals surface area contributed by atoms with E-state index in [4.69, 9.17) is 9.47 Å². The van der Waals surface area contributed by atoms with Crippen molar-refractivity contribution in [1.82, 2.24) is 0 Å². The fraction of sp³-hybridized carbons (Fsp3) is 0.529. The summed E-state index contributed by atoms with van der Waals surface area (Å²) < 4.78 is 36.5. The van der Waals surface area contributed by atoms with E-state index >= 15 is 0 Å². The predicted octanol–water partition coefficient (Wildman–Crippen LogP) is 4.96. The maximum atomic E-state index is 12.8. The van der Waals surface area contributed by atoms with Crippen molar-refractivity contribution in [1.29, 1.82) is 0 Å². The van der Waals surface area contributed by atoms with E-state index in [9.17, 15) is 13.2 Å². The van der Waals surface area contributed by atoms with Crippen LogP contribution in [-0.4, -0.2) is 40.0 Å². The van der Waals surface area contributed by atoms with E-state index in [1.54, 1.807) is 32.9 Å². The zero-order valence-corrected chi connectivity index (χ0v) is 22.4. The SMILES string of the molecule is CC(C)(C)OC(=O)N(C(OCC[Si](C)(C)C)=S(=O)=O)c1cc(I)cc(I)c1. The van der Waals surface area contributed by atoms with Gasteiger partial charge in [0.1, 0.15) is 5.60 Å². The summed E-state index contributed by atoms with van der Waals surface area (Å²) in [4.78, 5) is 13.8. The Hall–Kier alpha value is -0.183. The second-order valence-electron chi connectivity index (χ2n) is 8.10. The van der Waals surface area contributed by atoms with Gasteiger partial charge in [0, 0.05) is 15.2 Å². The summed E-state index contributed by atoms with van der Waals surface area (Å²) in [6.45, 7) is 11.9. The monoisotopic (exact) mass is 637 g/mol. The molecule has 1 aromatic rings. The zero-order chi connectivity index (χ0) is 21.0. The minimum Gasteiger partial charge on any atom is -0.443 e. The number of ether oxygens (including phenoxy) is 2. The second kappa shape index (κ2) is 10.0. The minimum absolute atomic E-state index is 0.222. The molecule has 6 nitrogen and oxygen atoms in total. The normalized spacial score (nSPS) is 11.9. The number of benzene rings is 1. The number of amides is 1. The van der Waals surface area contributed by atoms with E-state index < -0.39 is 35.2 Å². The molecule has 0 unspecified atom stereocenters. The van der Waals surface area contributed by atoms with Crippen LogP contribution in [0.1, 0.15) is 20.8 Å². The Balaban J connectivity index is 3.37. The van der Waals surface area contributed by atoms with Gasteiger partial charge in [-0.05, 0) is 90.2 Å². The zero-order valence-electron chi connectivity index (χ0n) is 16.3. The number of hydrogen-bond acceptors (Lipinski definition) is 5. The number of rotatable bonds is 4. The van der Waals surface area contributed by atoms with Gasteiger partial charge >= 0.3 is 6.09 Å². The first-order chi connectivity index (χ1) is 12.2. The van der Waals surface area contributed by atoms with Crippen molar-refractivity contribution in [3.63, 3.8) is 0 Å².